The number of fused-ring (bicyclic) bond motifs is 1. The van der Waals surface area contributed by atoms with E-state index in [2.05, 4.69) is 13.0 Å². The van der Waals surface area contributed by atoms with Crippen molar-refractivity contribution in [3.63, 3.8) is 0 Å². The number of carbonyl (C=O) groups excluding carboxylic acids is 1. The third kappa shape index (κ3) is 0.977. The highest BCUT2D eigenvalue weighted by atomic mass is 16.5. The Morgan fingerprint density at radius 1 is 1.58 bits per heavy atom. The van der Waals surface area contributed by atoms with Crippen molar-refractivity contribution in [2.45, 2.75) is 20.3 Å². The van der Waals surface area contributed by atoms with Crippen LogP contribution in [0.15, 0.2) is 11.6 Å². The van der Waals surface area contributed by atoms with Crippen molar-refractivity contribution in [3.8, 4) is 0 Å². The van der Waals surface area contributed by atoms with E-state index < -0.39 is 0 Å². The molecule has 0 radical (unpaired) electrons. The summed E-state index contributed by atoms with van der Waals surface area (Å²) in [5.74, 6) is 1.11. The lowest BCUT2D eigenvalue weighted by Gasteiger charge is -2.31. The maximum absolute atomic E-state index is 11.2. The average Bonchev–Trinajstić information content (AvgIpc) is 2.41. The molecule has 0 aromatic rings. The Kier molecular flexibility index (Phi) is 1.71. The molecule has 0 aromatic heterocycles. The summed E-state index contributed by atoms with van der Waals surface area (Å²) in [5, 5.41) is 0. The summed E-state index contributed by atoms with van der Waals surface area (Å²) in [5.41, 5.74) is 1.40. The van der Waals surface area contributed by atoms with Gasteiger partial charge in [0.1, 0.15) is 0 Å². The van der Waals surface area contributed by atoms with E-state index in [1.807, 2.05) is 6.92 Å². The molecule has 0 aromatic carbocycles. The van der Waals surface area contributed by atoms with Gasteiger partial charge in [0.05, 0.1) is 12.5 Å². The van der Waals surface area contributed by atoms with Gasteiger partial charge in [0.15, 0.2) is 0 Å². The van der Waals surface area contributed by atoms with Crippen LogP contribution in [0.25, 0.3) is 0 Å². The zero-order valence-electron chi connectivity index (χ0n) is 7.54. The quantitative estimate of drug-likeness (QED) is 0.405. The monoisotopic (exact) mass is 166 g/mol. The third-order valence-corrected chi connectivity index (χ3v) is 3.23. The summed E-state index contributed by atoms with van der Waals surface area (Å²) >= 11 is 0. The van der Waals surface area contributed by atoms with Gasteiger partial charge in [-0.2, -0.15) is 0 Å². The number of hydrogen-bond acceptors (Lipinski definition) is 2. The molecule has 3 atom stereocenters. The fourth-order valence-corrected chi connectivity index (χ4v) is 2.26. The molecule has 0 bridgehead atoms. The standard InChI is InChI=1S/C10H14O2/c1-6-3-4-8-7(2)10(11)12-5-9(6)8/h3,7-9H,4-5H2,1-2H3/t7-,8-,9-/m1/s1. The lowest BCUT2D eigenvalue weighted by molar-refractivity contribution is -0.158. The molecule has 0 amide bonds. The SMILES string of the molecule is CC1=CC[C@H]2[C@@H]1COC(=O)[C@@H]2C. The lowest BCUT2D eigenvalue weighted by Crippen LogP contribution is -2.36. The normalized spacial score (nSPS) is 40.3. The van der Waals surface area contributed by atoms with E-state index in [-0.39, 0.29) is 11.9 Å². The van der Waals surface area contributed by atoms with E-state index in [0.717, 1.165) is 6.42 Å². The summed E-state index contributed by atoms with van der Waals surface area (Å²) in [6, 6.07) is 0. The van der Waals surface area contributed by atoms with Gasteiger partial charge in [-0.1, -0.05) is 18.6 Å². The number of hydrogen-bond donors (Lipinski definition) is 0. The van der Waals surface area contributed by atoms with Crippen LogP contribution in [0, 0.1) is 17.8 Å². The van der Waals surface area contributed by atoms with Crippen LogP contribution in [0.2, 0.25) is 0 Å². The molecule has 0 unspecified atom stereocenters. The highest BCUT2D eigenvalue weighted by molar-refractivity contribution is 5.73. The molecular weight excluding hydrogens is 152 g/mol. The van der Waals surface area contributed by atoms with Crippen LogP contribution in [-0.2, 0) is 9.53 Å². The van der Waals surface area contributed by atoms with Gasteiger partial charge in [-0.15, -0.1) is 0 Å². The average molecular weight is 166 g/mol. The second-order valence-corrected chi connectivity index (χ2v) is 3.87. The summed E-state index contributed by atoms with van der Waals surface area (Å²) in [6.45, 7) is 4.72. The van der Waals surface area contributed by atoms with Crippen molar-refractivity contribution < 1.29 is 9.53 Å². The highest BCUT2D eigenvalue weighted by Gasteiger charge is 2.40. The smallest absolute Gasteiger partial charge is 0.308 e. The first-order valence-electron chi connectivity index (χ1n) is 4.53. The number of ether oxygens (including phenoxy) is 1. The minimum absolute atomic E-state index is 0.0145. The number of cyclic esters (lactones) is 1. The minimum Gasteiger partial charge on any atom is -0.465 e. The van der Waals surface area contributed by atoms with Gasteiger partial charge in [-0.25, -0.2) is 0 Å². The molecule has 2 aliphatic rings. The molecular formula is C10H14O2. The highest BCUT2D eigenvalue weighted by Crippen LogP contribution is 2.40. The van der Waals surface area contributed by atoms with Crippen molar-refractivity contribution in [2.75, 3.05) is 6.61 Å². The fraction of sp³-hybridized carbons (Fsp3) is 0.700. The summed E-state index contributed by atoms with van der Waals surface area (Å²) < 4.78 is 5.09. The Morgan fingerprint density at radius 3 is 3.08 bits per heavy atom. The molecule has 0 N–H and O–H groups in total. The summed E-state index contributed by atoms with van der Waals surface area (Å²) in [7, 11) is 0. The Bertz CT molecular complexity index is 242. The van der Waals surface area contributed by atoms with E-state index in [0.29, 0.717) is 18.4 Å². The zero-order chi connectivity index (χ0) is 8.72. The van der Waals surface area contributed by atoms with Crippen LogP contribution < -0.4 is 0 Å². The Balaban J connectivity index is 2.18. The molecule has 2 nitrogen and oxygen atoms in total. The third-order valence-electron chi connectivity index (χ3n) is 3.23. The number of rotatable bonds is 0. The predicted molar refractivity (Wildman–Crippen MR) is 45.5 cm³/mol. The van der Waals surface area contributed by atoms with Crippen molar-refractivity contribution in [1.29, 1.82) is 0 Å². The first-order valence-corrected chi connectivity index (χ1v) is 4.53. The van der Waals surface area contributed by atoms with E-state index in [1.165, 1.54) is 5.57 Å². The van der Waals surface area contributed by atoms with Crippen LogP contribution in [-0.4, -0.2) is 12.6 Å². The molecule has 2 rings (SSSR count). The molecule has 1 heterocycles. The van der Waals surface area contributed by atoms with Gasteiger partial charge in [-0.05, 0) is 19.3 Å². The van der Waals surface area contributed by atoms with Gasteiger partial charge in [0.25, 0.3) is 0 Å². The van der Waals surface area contributed by atoms with Crippen LogP contribution in [0.3, 0.4) is 0 Å². The second-order valence-electron chi connectivity index (χ2n) is 3.87. The van der Waals surface area contributed by atoms with Crippen molar-refractivity contribution >= 4 is 5.97 Å². The van der Waals surface area contributed by atoms with Crippen molar-refractivity contribution in [3.05, 3.63) is 11.6 Å². The molecule has 66 valence electrons. The Morgan fingerprint density at radius 2 is 2.33 bits per heavy atom. The lowest BCUT2D eigenvalue weighted by atomic mass is 9.81. The van der Waals surface area contributed by atoms with Crippen molar-refractivity contribution in [1.82, 2.24) is 0 Å². The molecule has 1 fully saturated rings. The van der Waals surface area contributed by atoms with Gasteiger partial charge < -0.3 is 4.74 Å². The number of allylic oxidation sites excluding steroid dienone is 1. The molecule has 0 saturated carbocycles. The Hall–Kier alpha value is -0.790. The number of carbonyl (C=O) groups is 1. The fourth-order valence-electron chi connectivity index (χ4n) is 2.26. The molecule has 1 saturated heterocycles. The van der Waals surface area contributed by atoms with E-state index >= 15 is 0 Å². The first-order chi connectivity index (χ1) is 5.70. The minimum atomic E-state index is -0.0145. The zero-order valence-corrected chi connectivity index (χ0v) is 7.54. The predicted octanol–water partition coefficient (Wildman–Crippen LogP) is 1.76. The molecule has 1 aliphatic heterocycles. The van der Waals surface area contributed by atoms with Crippen molar-refractivity contribution in [2.24, 2.45) is 17.8 Å². The summed E-state index contributed by atoms with van der Waals surface area (Å²) in [6.07, 6.45) is 3.31. The second kappa shape index (κ2) is 2.61. The van der Waals surface area contributed by atoms with Gasteiger partial charge in [0, 0.05) is 5.92 Å². The molecule has 0 spiro atoms. The Labute approximate surface area is 72.6 Å². The van der Waals surface area contributed by atoms with Gasteiger partial charge in [0.2, 0.25) is 0 Å². The molecule has 12 heavy (non-hydrogen) atoms. The van der Waals surface area contributed by atoms with Crippen LogP contribution in [0.4, 0.5) is 0 Å². The van der Waals surface area contributed by atoms with Crippen LogP contribution in [0.1, 0.15) is 20.3 Å². The summed E-state index contributed by atoms with van der Waals surface area (Å²) in [4.78, 5) is 11.2. The first kappa shape index (κ1) is 7.84. The maximum Gasteiger partial charge on any atom is 0.308 e. The molecule has 1 aliphatic carbocycles. The largest absolute Gasteiger partial charge is 0.465 e. The van der Waals surface area contributed by atoms with E-state index in [9.17, 15) is 4.79 Å². The number of esters is 1. The van der Waals surface area contributed by atoms with Crippen LogP contribution >= 0.6 is 0 Å². The van der Waals surface area contributed by atoms with Gasteiger partial charge in [-0.3, -0.25) is 4.79 Å². The maximum atomic E-state index is 11.2. The van der Waals surface area contributed by atoms with Crippen LogP contribution in [0.5, 0.6) is 0 Å². The van der Waals surface area contributed by atoms with Gasteiger partial charge >= 0.3 is 5.97 Å². The topological polar surface area (TPSA) is 26.3 Å². The molecule has 2 heteroatoms. The van der Waals surface area contributed by atoms with E-state index in [4.69, 9.17) is 4.74 Å². The van der Waals surface area contributed by atoms with E-state index in [1.54, 1.807) is 0 Å².